The number of hydrogen-bond donors (Lipinski definition) is 1. The second-order valence-corrected chi connectivity index (χ2v) is 10.5. The van der Waals surface area contributed by atoms with Gasteiger partial charge in [0.1, 0.15) is 17.5 Å². The topological polar surface area (TPSA) is 93.9 Å². The Kier molecular flexibility index (Phi) is 8.59. The second-order valence-electron chi connectivity index (χ2n) is 10.1. The van der Waals surface area contributed by atoms with Gasteiger partial charge in [0.15, 0.2) is 5.76 Å². The molecule has 1 aliphatic rings. The Morgan fingerprint density at radius 3 is 2.37 bits per heavy atom. The van der Waals surface area contributed by atoms with Gasteiger partial charge < -0.3 is 18.9 Å². The van der Waals surface area contributed by atoms with Crippen LogP contribution in [-0.2, 0) is 14.3 Å². The maximum absolute atomic E-state index is 12.7. The molecule has 0 bridgehead atoms. The smallest absolute Gasteiger partial charge is 0.412 e. The number of nitrogens with one attached hydrogen (secondary N) is 1. The Morgan fingerprint density at radius 2 is 1.68 bits per heavy atom. The summed E-state index contributed by atoms with van der Waals surface area (Å²) in [5.74, 6) is 0.208. The van der Waals surface area contributed by atoms with Crippen LogP contribution in [0, 0.1) is 12.8 Å². The standard InChI is InChI=1S/C32H32ClN3O5/c1-20-29(34-32(38)40-21(2)27-8-4-5-9-28(27)33)30(41-35-20)24-12-10-22(11-13-24)23-14-16-26(17-15-23)36-18-6-7-25(19-36)31(37)39-3/h4-5,8-17,21,25H,6-7,18-19H2,1-3H3,(H,34,38)/t21-,25+/m1/s1. The van der Waals surface area contributed by atoms with Gasteiger partial charge in [0.05, 0.1) is 13.0 Å². The molecule has 2 heterocycles. The Morgan fingerprint density at radius 1 is 1.02 bits per heavy atom. The predicted molar refractivity (Wildman–Crippen MR) is 159 cm³/mol. The lowest BCUT2D eigenvalue weighted by Crippen LogP contribution is -2.39. The number of ether oxygens (including phenoxy) is 2. The van der Waals surface area contributed by atoms with Gasteiger partial charge in [0.25, 0.3) is 0 Å². The first-order valence-corrected chi connectivity index (χ1v) is 13.9. The minimum atomic E-state index is -0.631. The highest BCUT2D eigenvalue weighted by molar-refractivity contribution is 6.31. The van der Waals surface area contributed by atoms with Crippen molar-refractivity contribution in [2.45, 2.75) is 32.8 Å². The van der Waals surface area contributed by atoms with Crippen molar-refractivity contribution in [1.82, 2.24) is 5.16 Å². The molecule has 1 aliphatic heterocycles. The molecule has 1 fully saturated rings. The summed E-state index contributed by atoms with van der Waals surface area (Å²) in [6.45, 7) is 5.10. The third kappa shape index (κ3) is 6.38. The van der Waals surface area contributed by atoms with Crippen molar-refractivity contribution in [2.75, 3.05) is 30.4 Å². The molecule has 0 spiro atoms. The van der Waals surface area contributed by atoms with Crippen LogP contribution in [-0.4, -0.2) is 37.4 Å². The zero-order valence-corrected chi connectivity index (χ0v) is 24.0. The van der Waals surface area contributed by atoms with E-state index in [4.69, 9.17) is 25.6 Å². The molecular formula is C32H32ClN3O5. The molecule has 3 aromatic carbocycles. The first kappa shape index (κ1) is 28.2. The largest absolute Gasteiger partial charge is 0.469 e. The summed E-state index contributed by atoms with van der Waals surface area (Å²) in [5, 5.41) is 7.37. The molecule has 4 aromatic rings. The van der Waals surface area contributed by atoms with Crippen LogP contribution >= 0.6 is 11.6 Å². The first-order valence-electron chi connectivity index (χ1n) is 13.6. The summed E-state index contributed by atoms with van der Waals surface area (Å²) in [4.78, 5) is 27.0. The van der Waals surface area contributed by atoms with Crippen molar-refractivity contribution in [3.63, 3.8) is 0 Å². The average molecular weight is 574 g/mol. The second kappa shape index (κ2) is 12.5. The normalized spacial score (nSPS) is 15.7. The average Bonchev–Trinajstić information content (AvgIpc) is 3.36. The number of benzene rings is 3. The number of piperidine rings is 1. The molecule has 0 saturated carbocycles. The maximum atomic E-state index is 12.7. The fourth-order valence-corrected chi connectivity index (χ4v) is 5.41. The van der Waals surface area contributed by atoms with Crippen LogP contribution in [0.5, 0.6) is 0 Å². The summed E-state index contributed by atoms with van der Waals surface area (Å²) in [5.41, 5.74) is 5.65. The quantitative estimate of drug-likeness (QED) is 0.227. The van der Waals surface area contributed by atoms with Crippen LogP contribution in [0.1, 0.15) is 37.1 Å². The lowest BCUT2D eigenvalue weighted by molar-refractivity contribution is -0.145. The summed E-state index contributed by atoms with van der Waals surface area (Å²) in [7, 11) is 1.44. The van der Waals surface area contributed by atoms with Crippen molar-refractivity contribution in [3.05, 3.63) is 89.1 Å². The molecule has 8 nitrogen and oxygen atoms in total. The van der Waals surface area contributed by atoms with Gasteiger partial charge in [-0.25, -0.2) is 4.79 Å². The number of esters is 1. The van der Waals surface area contributed by atoms with Crippen molar-refractivity contribution in [1.29, 1.82) is 0 Å². The summed E-state index contributed by atoms with van der Waals surface area (Å²) in [6, 6.07) is 23.4. The van der Waals surface area contributed by atoms with E-state index in [1.807, 2.05) is 42.5 Å². The highest BCUT2D eigenvalue weighted by atomic mass is 35.5. The molecule has 212 valence electrons. The third-order valence-corrected chi connectivity index (χ3v) is 7.73. The lowest BCUT2D eigenvalue weighted by Gasteiger charge is -2.33. The number of hydrogen-bond acceptors (Lipinski definition) is 7. The molecule has 5 rings (SSSR count). The number of aryl methyl sites for hydroxylation is 1. The number of anilines is 2. The molecule has 1 N–H and O–H groups in total. The minimum absolute atomic E-state index is 0.0901. The monoisotopic (exact) mass is 573 g/mol. The molecule has 1 aromatic heterocycles. The van der Waals surface area contributed by atoms with Gasteiger partial charge in [-0.1, -0.05) is 71.4 Å². The highest BCUT2D eigenvalue weighted by Crippen LogP contribution is 2.34. The van der Waals surface area contributed by atoms with Crippen molar-refractivity contribution in [2.24, 2.45) is 5.92 Å². The van der Waals surface area contributed by atoms with Crippen LogP contribution in [0.4, 0.5) is 16.2 Å². The molecular weight excluding hydrogens is 542 g/mol. The van der Waals surface area contributed by atoms with Crippen LogP contribution in [0.3, 0.4) is 0 Å². The van der Waals surface area contributed by atoms with Gasteiger partial charge in [0, 0.05) is 34.9 Å². The van der Waals surface area contributed by atoms with E-state index < -0.39 is 12.2 Å². The van der Waals surface area contributed by atoms with Crippen molar-refractivity contribution < 1.29 is 23.6 Å². The van der Waals surface area contributed by atoms with E-state index in [2.05, 4.69) is 39.6 Å². The number of halogens is 1. The van der Waals surface area contributed by atoms with Crippen LogP contribution in [0.2, 0.25) is 5.02 Å². The Balaban J connectivity index is 1.26. The molecule has 1 amide bonds. The van der Waals surface area contributed by atoms with E-state index in [-0.39, 0.29) is 11.9 Å². The molecule has 0 radical (unpaired) electrons. The number of carbonyl (C=O) groups excluding carboxylic acids is 2. The Labute approximate surface area is 244 Å². The number of aromatic nitrogens is 1. The molecule has 2 atom stereocenters. The van der Waals surface area contributed by atoms with E-state index in [9.17, 15) is 9.59 Å². The molecule has 41 heavy (non-hydrogen) atoms. The first-order chi connectivity index (χ1) is 19.8. The molecule has 9 heteroatoms. The Bertz CT molecular complexity index is 1520. The predicted octanol–water partition coefficient (Wildman–Crippen LogP) is 7.67. The summed E-state index contributed by atoms with van der Waals surface area (Å²) >= 11 is 6.24. The number of amides is 1. The van der Waals surface area contributed by atoms with Crippen molar-refractivity contribution in [3.8, 4) is 22.5 Å². The van der Waals surface area contributed by atoms with Crippen LogP contribution in [0.15, 0.2) is 77.3 Å². The van der Waals surface area contributed by atoms with E-state index in [0.29, 0.717) is 28.7 Å². The summed E-state index contributed by atoms with van der Waals surface area (Å²) in [6.07, 6.45) is 0.646. The van der Waals surface area contributed by atoms with E-state index in [1.165, 1.54) is 7.11 Å². The number of carbonyl (C=O) groups is 2. The van der Waals surface area contributed by atoms with E-state index in [0.717, 1.165) is 47.3 Å². The third-order valence-electron chi connectivity index (χ3n) is 7.39. The van der Waals surface area contributed by atoms with Gasteiger partial charge in [-0.2, -0.15) is 0 Å². The molecule has 0 unspecified atom stereocenters. The number of rotatable bonds is 7. The van der Waals surface area contributed by atoms with Crippen LogP contribution < -0.4 is 10.2 Å². The maximum Gasteiger partial charge on any atom is 0.412 e. The molecule has 1 saturated heterocycles. The van der Waals surface area contributed by atoms with E-state index >= 15 is 0 Å². The minimum Gasteiger partial charge on any atom is -0.469 e. The zero-order chi connectivity index (χ0) is 28.9. The van der Waals surface area contributed by atoms with Gasteiger partial charge in [0.2, 0.25) is 0 Å². The number of methoxy groups -OCH3 is 1. The van der Waals surface area contributed by atoms with Crippen molar-refractivity contribution >= 4 is 35.0 Å². The SMILES string of the molecule is COC(=O)[C@H]1CCCN(c2ccc(-c3ccc(-c4onc(C)c4NC(=O)O[C@H](C)c4ccccc4Cl)cc3)cc2)C1. The Hall–Kier alpha value is -4.30. The fourth-order valence-electron chi connectivity index (χ4n) is 5.12. The lowest BCUT2D eigenvalue weighted by atomic mass is 9.97. The van der Waals surface area contributed by atoms with Gasteiger partial charge >= 0.3 is 12.1 Å². The van der Waals surface area contributed by atoms with Gasteiger partial charge in [-0.05, 0) is 56.0 Å². The highest BCUT2D eigenvalue weighted by Gasteiger charge is 2.26. The molecule has 0 aliphatic carbocycles. The van der Waals surface area contributed by atoms with Gasteiger partial charge in [-0.3, -0.25) is 10.1 Å². The summed E-state index contributed by atoms with van der Waals surface area (Å²) < 4.78 is 16.1. The van der Waals surface area contributed by atoms with Crippen LogP contribution in [0.25, 0.3) is 22.5 Å². The van der Waals surface area contributed by atoms with E-state index in [1.54, 1.807) is 19.9 Å². The van der Waals surface area contributed by atoms with Gasteiger partial charge in [-0.15, -0.1) is 0 Å². The number of nitrogens with zero attached hydrogens (tertiary/aromatic N) is 2. The fraction of sp³-hybridized carbons (Fsp3) is 0.281. The zero-order valence-electron chi connectivity index (χ0n) is 23.2.